The SMILES string of the molecule is CCCCc1ccnn1-c1cccs1. The summed E-state index contributed by atoms with van der Waals surface area (Å²) in [6.45, 7) is 2.21. The third-order valence-electron chi connectivity index (χ3n) is 2.22. The quantitative estimate of drug-likeness (QED) is 0.750. The van der Waals surface area contributed by atoms with Gasteiger partial charge in [0, 0.05) is 11.9 Å². The maximum atomic E-state index is 4.34. The first-order valence-electron chi connectivity index (χ1n) is 4.98. The Morgan fingerprint density at radius 3 is 3.07 bits per heavy atom. The van der Waals surface area contributed by atoms with Crippen LogP contribution in [-0.4, -0.2) is 9.78 Å². The molecule has 0 aliphatic heterocycles. The number of unbranched alkanes of at least 4 members (excludes halogenated alkanes) is 1. The summed E-state index contributed by atoms with van der Waals surface area (Å²) in [5.41, 5.74) is 1.31. The van der Waals surface area contributed by atoms with E-state index in [9.17, 15) is 0 Å². The van der Waals surface area contributed by atoms with Crippen LogP contribution in [0.4, 0.5) is 0 Å². The molecule has 0 amide bonds. The molecule has 0 spiro atoms. The highest BCUT2D eigenvalue weighted by molar-refractivity contribution is 7.12. The van der Waals surface area contributed by atoms with Gasteiger partial charge in [-0.3, -0.25) is 0 Å². The first-order valence-corrected chi connectivity index (χ1v) is 5.86. The minimum atomic E-state index is 1.12. The molecule has 0 unspecified atom stereocenters. The van der Waals surface area contributed by atoms with Gasteiger partial charge in [0.2, 0.25) is 0 Å². The maximum Gasteiger partial charge on any atom is 0.117 e. The number of hydrogen-bond donors (Lipinski definition) is 0. The van der Waals surface area contributed by atoms with Crippen LogP contribution in [0, 0.1) is 0 Å². The summed E-state index contributed by atoms with van der Waals surface area (Å²) < 4.78 is 2.04. The Hall–Kier alpha value is -1.09. The molecule has 2 aromatic rings. The van der Waals surface area contributed by atoms with Crippen molar-refractivity contribution < 1.29 is 0 Å². The van der Waals surface area contributed by atoms with Crippen molar-refractivity contribution in [3.05, 3.63) is 35.5 Å². The van der Waals surface area contributed by atoms with E-state index in [2.05, 4.69) is 35.6 Å². The van der Waals surface area contributed by atoms with E-state index in [0.29, 0.717) is 0 Å². The maximum absolute atomic E-state index is 4.34. The van der Waals surface area contributed by atoms with E-state index in [1.807, 2.05) is 10.9 Å². The zero-order valence-electron chi connectivity index (χ0n) is 8.31. The van der Waals surface area contributed by atoms with Gasteiger partial charge in [0.25, 0.3) is 0 Å². The van der Waals surface area contributed by atoms with E-state index < -0.39 is 0 Å². The molecular formula is C11H14N2S. The normalized spacial score (nSPS) is 10.6. The van der Waals surface area contributed by atoms with Crippen molar-refractivity contribution in [3.63, 3.8) is 0 Å². The van der Waals surface area contributed by atoms with E-state index in [1.54, 1.807) is 11.3 Å². The number of nitrogens with zero attached hydrogens (tertiary/aromatic N) is 2. The van der Waals surface area contributed by atoms with Crippen molar-refractivity contribution in [2.24, 2.45) is 0 Å². The lowest BCUT2D eigenvalue weighted by molar-refractivity contribution is 0.734. The van der Waals surface area contributed by atoms with Gasteiger partial charge in [0.15, 0.2) is 0 Å². The van der Waals surface area contributed by atoms with Gasteiger partial charge in [-0.2, -0.15) is 5.10 Å². The zero-order chi connectivity index (χ0) is 9.80. The van der Waals surface area contributed by atoms with Gasteiger partial charge in [-0.05, 0) is 36.4 Å². The summed E-state index contributed by atoms with van der Waals surface area (Å²) in [5, 5.41) is 7.63. The van der Waals surface area contributed by atoms with Crippen molar-refractivity contribution in [1.29, 1.82) is 0 Å². The van der Waals surface area contributed by atoms with Crippen molar-refractivity contribution in [2.75, 3.05) is 0 Å². The smallest absolute Gasteiger partial charge is 0.117 e. The minimum absolute atomic E-state index is 1.12. The number of thiophene rings is 1. The van der Waals surface area contributed by atoms with Crippen LogP contribution in [0.15, 0.2) is 29.8 Å². The third-order valence-corrected chi connectivity index (χ3v) is 3.07. The first kappa shape index (κ1) is 9.46. The molecule has 0 bridgehead atoms. The number of hydrogen-bond acceptors (Lipinski definition) is 2. The Morgan fingerprint density at radius 1 is 1.43 bits per heavy atom. The van der Waals surface area contributed by atoms with Crippen molar-refractivity contribution >= 4 is 11.3 Å². The van der Waals surface area contributed by atoms with Crippen molar-refractivity contribution in [2.45, 2.75) is 26.2 Å². The topological polar surface area (TPSA) is 17.8 Å². The number of rotatable bonds is 4. The van der Waals surface area contributed by atoms with Crippen LogP contribution in [-0.2, 0) is 6.42 Å². The molecule has 2 rings (SSSR count). The average Bonchev–Trinajstić information content (AvgIpc) is 2.84. The van der Waals surface area contributed by atoms with E-state index in [-0.39, 0.29) is 0 Å². The molecule has 3 heteroatoms. The van der Waals surface area contributed by atoms with Gasteiger partial charge in [-0.1, -0.05) is 13.3 Å². The molecule has 2 nitrogen and oxygen atoms in total. The molecular weight excluding hydrogens is 192 g/mol. The molecule has 0 aliphatic carbocycles. The molecule has 0 atom stereocenters. The standard InChI is InChI=1S/C11H14N2S/c1-2-3-5-10-7-8-12-13(10)11-6-4-9-14-11/h4,6-9H,2-3,5H2,1H3. The second kappa shape index (κ2) is 4.42. The van der Waals surface area contributed by atoms with Crippen LogP contribution in [0.2, 0.25) is 0 Å². The molecule has 0 radical (unpaired) electrons. The summed E-state index contributed by atoms with van der Waals surface area (Å²) in [4.78, 5) is 0. The van der Waals surface area contributed by atoms with Crippen molar-refractivity contribution in [1.82, 2.24) is 9.78 Å². The van der Waals surface area contributed by atoms with E-state index in [1.165, 1.54) is 23.5 Å². The van der Waals surface area contributed by atoms with Crippen LogP contribution in [0.25, 0.3) is 5.00 Å². The molecule has 74 valence electrons. The van der Waals surface area contributed by atoms with Crippen molar-refractivity contribution in [3.8, 4) is 5.00 Å². The summed E-state index contributed by atoms with van der Waals surface area (Å²) in [6, 6.07) is 6.27. The van der Waals surface area contributed by atoms with Crippen LogP contribution in [0.5, 0.6) is 0 Å². The fraction of sp³-hybridized carbons (Fsp3) is 0.364. The van der Waals surface area contributed by atoms with E-state index >= 15 is 0 Å². The van der Waals surface area contributed by atoms with Gasteiger partial charge in [-0.25, -0.2) is 4.68 Å². The highest BCUT2D eigenvalue weighted by Gasteiger charge is 2.04. The molecule has 14 heavy (non-hydrogen) atoms. The molecule has 2 aromatic heterocycles. The molecule has 0 fully saturated rings. The van der Waals surface area contributed by atoms with E-state index in [4.69, 9.17) is 0 Å². The Balaban J connectivity index is 2.22. The monoisotopic (exact) mass is 206 g/mol. The van der Waals surface area contributed by atoms with Crippen LogP contribution in [0.3, 0.4) is 0 Å². The summed E-state index contributed by atoms with van der Waals surface area (Å²) in [6.07, 6.45) is 5.46. The summed E-state index contributed by atoms with van der Waals surface area (Å²) >= 11 is 1.73. The van der Waals surface area contributed by atoms with Crippen LogP contribution in [0.1, 0.15) is 25.5 Å². The Bertz CT molecular complexity index is 376. The fourth-order valence-corrected chi connectivity index (χ4v) is 2.18. The summed E-state index contributed by atoms with van der Waals surface area (Å²) in [7, 11) is 0. The van der Waals surface area contributed by atoms with E-state index in [0.717, 1.165) is 6.42 Å². The molecule has 2 heterocycles. The highest BCUT2D eigenvalue weighted by Crippen LogP contribution is 2.17. The second-order valence-electron chi connectivity index (χ2n) is 3.29. The van der Waals surface area contributed by atoms with Crippen LogP contribution < -0.4 is 0 Å². The Kier molecular flexibility index (Phi) is 2.99. The minimum Gasteiger partial charge on any atom is -0.228 e. The number of aryl methyl sites for hydroxylation is 1. The second-order valence-corrected chi connectivity index (χ2v) is 4.22. The average molecular weight is 206 g/mol. The third kappa shape index (κ3) is 1.87. The lowest BCUT2D eigenvalue weighted by atomic mass is 10.2. The first-order chi connectivity index (χ1) is 6.92. The van der Waals surface area contributed by atoms with Gasteiger partial charge < -0.3 is 0 Å². The molecule has 0 saturated carbocycles. The van der Waals surface area contributed by atoms with Gasteiger partial charge in [0.05, 0.1) is 0 Å². The van der Waals surface area contributed by atoms with Crippen LogP contribution >= 0.6 is 11.3 Å². The molecule has 0 N–H and O–H groups in total. The molecule has 0 aromatic carbocycles. The molecule has 0 aliphatic rings. The lowest BCUT2D eigenvalue weighted by Gasteiger charge is -2.03. The number of aromatic nitrogens is 2. The predicted octanol–water partition coefficient (Wildman–Crippen LogP) is 3.28. The Labute approximate surface area is 88.2 Å². The van der Waals surface area contributed by atoms with Gasteiger partial charge in [0.1, 0.15) is 5.00 Å². The summed E-state index contributed by atoms with van der Waals surface area (Å²) in [5.74, 6) is 0. The Morgan fingerprint density at radius 2 is 2.36 bits per heavy atom. The fourth-order valence-electron chi connectivity index (χ4n) is 1.47. The highest BCUT2D eigenvalue weighted by atomic mass is 32.1. The van der Waals surface area contributed by atoms with Gasteiger partial charge in [-0.15, -0.1) is 11.3 Å². The predicted molar refractivity (Wildman–Crippen MR) is 60.1 cm³/mol. The molecule has 0 saturated heterocycles. The van der Waals surface area contributed by atoms with Gasteiger partial charge >= 0.3 is 0 Å². The lowest BCUT2D eigenvalue weighted by Crippen LogP contribution is -1.99. The largest absolute Gasteiger partial charge is 0.228 e. The zero-order valence-corrected chi connectivity index (χ0v) is 9.13.